The first kappa shape index (κ1) is 15.6. The Kier molecular flexibility index (Phi) is 4.28. The molecule has 25 heavy (non-hydrogen) atoms. The minimum absolute atomic E-state index is 0.00735. The van der Waals surface area contributed by atoms with Crippen molar-refractivity contribution in [2.45, 2.75) is 31.7 Å². The number of nitrogens with zero attached hydrogens (tertiary/aromatic N) is 5. The number of furan rings is 1. The van der Waals surface area contributed by atoms with Crippen LogP contribution in [0.5, 0.6) is 0 Å². The molecular formula is C18H19N5O2. The second-order valence-corrected chi connectivity index (χ2v) is 6.12. The molecule has 0 spiro atoms. The van der Waals surface area contributed by atoms with Crippen LogP contribution < -0.4 is 0 Å². The van der Waals surface area contributed by atoms with Gasteiger partial charge in [-0.1, -0.05) is 12.8 Å². The highest BCUT2D eigenvalue weighted by Crippen LogP contribution is 2.31. The van der Waals surface area contributed by atoms with Crippen molar-refractivity contribution < 1.29 is 9.21 Å². The van der Waals surface area contributed by atoms with Crippen molar-refractivity contribution in [2.24, 2.45) is 0 Å². The molecule has 3 aromatic heterocycles. The number of hydrogen-bond donors (Lipinski definition) is 0. The van der Waals surface area contributed by atoms with Crippen LogP contribution in [0, 0.1) is 0 Å². The number of hydrogen-bond acceptors (Lipinski definition) is 5. The van der Waals surface area contributed by atoms with Gasteiger partial charge in [0.2, 0.25) is 0 Å². The summed E-state index contributed by atoms with van der Waals surface area (Å²) in [5, 5.41) is 4.07. The van der Waals surface area contributed by atoms with Gasteiger partial charge < -0.3 is 9.32 Å². The zero-order chi connectivity index (χ0) is 17.1. The molecule has 1 saturated heterocycles. The number of pyridine rings is 1. The van der Waals surface area contributed by atoms with Crippen LogP contribution in [0.25, 0.3) is 5.82 Å². The maximum Gasteiger partial charge on any atom is 0.254 e. The van der Waals surface area contributed by atoms with Gasteiger partial charge in [0.05, 0.1) is 12.3 Å². The van der Waals surface area contributed by atoms with Gasteiger partial charge in [-0.05, 0) is 37.1 Å². The molecule has 0 aromatic carbocycles. The fourth-order valence-electron chi connectivity index (χ4n) is 3.30. The molecule has 0 saturated carbocycles. The Morgan fingerprint density at radius 3 is 3.00 bits per heavy atom. The molecule has 0 aliphatic carbocycles. The van der Waals surface area contributed by atoms with E-state index in [0.29, 0.717) is 11.4 Å². The van der Waals surface area contributed by atoms with Crippen molar-refractivity contribution in [3.8, 4) is 5.82 Å². The van der Waals surface area contributed by atoms with Gasteiger partial charge in [0.1, 0.15) is 18.4 Å². The highest BCUT2D eigenvalue weighted by atomic mass is 16.3. The first-order chi connectivity index (χ1) is 12.3. The van der Waals surface area contributed by atoms with Crippen LogP contribution in [-0.4, -0.2) is 37.1 Å². The van der Waals surface area contributed by atoms with Gasteiger partial charge in [0, 0.05) is 18.3 Å². The smallest absolute Gasteiger partial charge is 0.254 e. The lowest BCUT2D eigenvalue weighted by molar-refractivity contribution is 0.0658. The lowest BCUT2D eigenvalue weighted by Gasteiger charge is -2.28. The normalized spacial score (nSPS) is 18.1. The zero-order valence-electron chi connectivity index (χ0n) is 13.8. The minimum Gasteiger partial charge on any atom is -0.467 e. The van der Waals surface area contributed by atoms with Gasteiger partial charge >= 0.3 is 0 Å². The van der Waals surface area contributed by atoms with Crippen molar-refractivity contribution >= 4 is 5.91 Å². The Bertz CT molecular complexity index is 829. The first-order valence-corrected chi connectivity index (χ1v) is 8.48. The van der Waals surface area contributed by atoms with E-state index in [1.165, 1.54) is 6.33 Å². The second kappa shape index (κ2) is 6.88. The highest BCUT2D eigenvalue weighted by molar-refractivity contribution is 5.94. The predicted molar refractivity (Wildman–Crippen MR) is 90.1 cm³/mol. The summed E-state index contributed by atoms with van der Waals surface area (Å²) in [4.78, 5) is 23.3. The largest absolute Gasteiger partial charge is 0.467 e. The van der Waals surface area contributed by atoms with E-state index in [-0.39, 0.29) is 11.9 Å². The quantitative estimate of drug-likeness (QED) is 0.734. The van der Waals surface area contributed by atoms with Crippen LogP contribution in [0.4, 0.5) is 0 Å². The van der Waals surface area contributed by atoms with Crippen LogP contribution in [0.1, 0.15) is 47.8 Å². The van der Waals surface area contributed by atoms with Crippen molar-refractivity contribution in [1.29, 1.82) is 0 Å². The molecule has 7 nitrogen and oxygen atoms in total. The molecule has 1 aliphatic heterocycles. The van der Waals surface area contributed by atoms with Crippen LogP contribution in [0.2, 0.25) is 0 Å². The van der Waals surface area contributed by atoms with Gasteiger partial charge in [0.15, 0.2) is 5.82 Å². The van der Waals surface area contributed by atoms with E-state index in [1.807, 2.05) is 17.0 Å². The van der Waals surface area contributed by atoms with E-state index in [4.69, 9.17) is 4.42 Å². The summed E-state index contributed by atoms with van der Waals surface area (Å²) in [6.07, 6.45) is 10.4. The van der Waals surface area contributed by atoms with Crippen molar-refractivity contribution in [2.75, 3.05) is 6.54 Å². The molecule has 0 radical (unpaired) electrons. The molecule has 0 bridgehead atoms. The molecule has 4 rings (SSSR count). The van der Waals surface area contributed by atoms with E-state index < -0.39 is 0 Å². The summed E-state index contributed by atoms with van der Waals surface area (Å²) in [5.74, 6) is 1.42. The average Bonchev–Trinajstić information content (AvgIpc) is 3.32. The van der Waals surface area contributed by atoms with Crippen molar-refractivity contribution in [3.05, 3.63) is 60.7 Å². The first-order valence-electron chi connectivity index (χ1n) is 8.48. The molecule has 1 aliphatic rings. The fourth-order valence-corrected chi connectivity index (χ4v) is 3.30. The van der Waals surface area contributed by atoms with Crippen LogP contribution in [0.3, 0.4) is 0 Å². The molecule has 0 N–H and O–H groups in total. The summed E-state index contributed by atoms with van der Waals surface area (Å²) < 4.78 is 7.14. The lowest BCUT2D eigenvalue weighted by Crippen LogP contribution is -2.34. The lowest BCUT2D eigenvalue weighted by atomic mass is 10.1. The molecule has 1 atom stereocenters. The van der Waals surface area contributed by atoms with Gasteiger partial charge in [0.25, 0.3) is 5.91 Å². The molecule has 0 unspecified atom stereocenters. The summed E-state index contributed by atoms with van der Waals surface area (Å²) >= 11 is 0. The Morgan fingerprint density at radius 1 is 1.24 bits per heavy atom. The third-order valence-corrected chi connectivity index (χ3v) is 4.53. The third kappa shape index (κ3) is 3.17. The van der Waals surface area contributed by atoms with Gasteiger partial charge in [-0.25, -0.2) is 14.6 Å². The predicted octanol–water partition coefficient (Wildman–Crippen LogP) is 3.01. The van der Waals surface area contributed by atoms with Crippen LogP contribution >= 0.6 is 0 Å². The Hall–Kier alpha value is -2.96. The molecule has 128 valence electrons. The molecular weight excluding hydrogens is 318 g/mol. The number of aromatic nitrogens is 4. The fraction of sp³-hybridized carbons (Fsp3) is 0.333. The van der Waals surface area contributed by atoms with Gasteiger partial charge in [-0.3, -0.25) is 4.79 Å². The van der Waals surface area contributed by atoms with E-state index in [2.05, 4.69) is 15.1 Å². The van der Waals surface area contributed by atoms with Crippen molar-refractivity contribution in [3.63, 3.8) is 0 Å². The van der Waals surface area contributed by atoms with E-state index in [9.17, 15) is 4.79 Å². The van der Waals surface area contributed by atoms with E-state index >= 15 is 0 Å². The van der Waals surface area contributed by atoms with Crippen molar-refractivity contribution in [1.82, 2.24) is 24.6 Å². The highest BCUT2D eigenvalue weighted by Gasteiger charge is 2.29. The molecule has 7 heteroatoms. The number of carbonyl (C=O) groups is 1. The van der Waals surface area contributed by atoms with Crippen LogP contribution in [0.15, 0.2) is 53.8 Å². The molecule has 1 fully saturated rings. The summed E-state index contributed by atoms with van der Waals surface area (Å²) in [5.41, 5.74) is 0.596. The summed E-state index contributed by atoms with van der Waals surface area (Å²) in [6, 6.07) is 7.29. The SMILES string of the molecule is O=C(c1ccnc(-n2cncn2)c1)N1CCCCC[C@@H]1c1ccco1. The molecule has 1 amide bonds. The number of likely N-dealkylation sites (tertiary alicyclic amines) is 1. The summed E-state index contributed by atoms with van der Waals surface area (Å²) in [6.45, 7) is 0.727. The maximum absolute atomic E-state index is 13.2. The zero-order valence-corrected chi connectivity index (χ0v) is 13.8. The third-order valence-electron chi connectivity index (χ3n) is 4.53. The average molecular weight is 337 g/mol. The van der Waals surface area contributed by atoms with Gasteiger partial charge in [-0.15, -0.1) is 0 Å². The van der Waals surface area contributed by atoms with E-state index in [1.54, 1.807) is 35.6 Å². The monoisotopic (exact) mass is 337 g/mol. The number of amides is 1. The Morgan fingerprint density at radius 2 is 2.20 bits per heavy atom. The summed E-state index contributed by atoms with van der Waals surface area (Å²) in [7, 11) is 0. The topological polar surface area (TPSA) is 77.1 Å². The van der Waals surface area contributed by atoms with Crippen LogP contribution in [-0.2, 0) is 0 Å². The maximum atomic E-state index is 13.2. The Balaban J connectivity index is 1.65. The minimum atomic E-state index is -0.0204. The number of rotatable bonds is 3. The number of carbonyl (C=O) groups excluding carboxylic acids is 1. The standard InChI is InChI=1S/C18H19N5O2/c24-18(14-7-8-20-17(11-14)23-13-19-12-21-23)22-9-3-1-2-5-15(22)16-6-4-10-25-16/h4,6-8,10-13,15H,1-3,5,9H2/t15-/m1/s1. The second-order valence-electron chi connectivity index (χ2n) is 6.12. The molecule has 3 aromatic rings. The van der Waals surface area contributed by atoms with Gasteiger partial charge in [-0.2, -0.15) is 5.10 Å². The molecule has 4 heterocycles. The Labute approximate surface area is 145 Å². The van der Waals surface area contributed by atoms with E-state index in [0.717, 1.165) is 38.0 Å².